The van der Waals surface area contributed by atoms with E-state index in [4.69, 9.17) is 17.6 Å². The average Bonchev–Trinajstić information content (AvgIpc) is 2.52. The molecule has 0 saturated heterocycles. The largest absolute Gasteiger partial charge is 0.392 e. The number of aliphatic hydroxyl groups is 1. The first-order valence-electron chi connectivity index (χ1n) is 7.82. The molecular weight excluding hydrogens is 272 g/mol. The number of rotatable bonds is 10. The van der Waals surface area contributed by atoms with Gasteiger partial charge in [0, 0.05) is 32.3 Å². The topological polar surface area (TPSA) is 29.5 Å². The summed E-state index contributed by atoms with van der Waals surface area (Å²) in [5, 5.41) is 9.49. The fourth-order valence-corrected chi connectivity index (χ4v) is 2.07. The first-order valence-corrected chi connectivity index (χ1v) is 7.82. The van der Waals surface area contributed by atoms with Crippen LogP contribution < -0.4 is 0 Å². The molecule has 0 aliphatic rings. The highest BCUT2D eigenvalue weighted by molar-refractivity contribution is 5.07. The summed E-state index contributed by atoms with van der Waals surface area (Å²) in [5.41, 5.74) is 1.10. The van der Waals surface area contributed by atoms with E-state index in [9.17, 15) is 5.11 Å². The molecule has 120 valence electrons. The zero-order valence-electron chi connectivity index (χ0n) is 13.9. The van der Waals surface area contributed by atoms with Gasteiger partial charge in [-0.25, -0.2) is 0 Å². The van der Waals surface area contributed by atoms with Crippen LogP contribution in [0.2, 0.25) is 0 Å². The zero-order valence-corrected chi connectivity index (χ0v) is 13.9. The fraction of sp³-hybridized carbons (Fsp3) is 0.600. The van der Waals surface area contributed by atoms with Crippen LogP contribution in [-0.4, -0.2) is 24.4 Å². The highest BCUT2D eigenvalue weighted by Crippen LogP contribution is 2.18. The normalized spacial score (nSPS) is 13.9. The van der Waals surface area contributed by atoms with E-state index in [0.717, 1.165) is 24.8 Å². The molecule has 2 nitrogen and oxygen atoms in total. The number of terminal acetylenes is 2. The number of ether oxygens (including phenoxy) is 1. The molecule has 1 N–H and O–H groups in total. The quantitative estimate of drug-likeness (QED) is 0.494. The second-order valence-corrected chi connectivity index (χ2v) is 5.34. The summed E-state index contributed by atoms with van der Waals surface area (Å²) in [6.07, 6.45) is 15.3. The number of methoxy groups -OCH3 is 1. The summed E-state index contributed by atoms with van der Waals surface area (Å²) in [7, 11) is 1.71. The Bertz CT molecular complexity index is 453. The van der Waals surface area contributed by atoms with Crippen LogP contribution >= 0.6 is 0 Å². The van der Waals surface area contributed by atoms with Crippen LogP contribution in [0.15, 0.2) is 12.2 Å². The van der Waals surface area contributed by atoms with Gasteiger partial charge in [-0.1, -0.05) is 13.5 Å². The third-order valence-electron chi connectivity index (χ3n) is 3.64. The first kappa shape index (κ1) is 20.3. The van der Waals surface area contributed by atoms with Gasteiger partial charge in [-0.2, -0.15) is 0 Å². The van der Waals surface area contributed by atoms with Gasteiger partial charge in [0.25, 0.3) is 0 Å². The molecule has 0 aliphatic carbocycles. The Balaban J connectivity index is 4.11. The summed E-state index contributed by atoms with van der Waals surface area (Å²) in [6.45, 7) is 6.10. The Labute approximate surface area is 136 Å². The van der Waals surface area contributed by atoms with Gasteiger partial charge in [0.1, 0.15) is 0 Å². The van der Waals surface area contributed by atoms with Crippen molar-refractivity contribution < 1.29 is 9.84 Å². The lowest BCUT2D eigenvalue weighted by Gasteiger charge is -2.18. The summed E-state index contributed by atoms with van der Waals surface area (Å²) in [6, 6.07) is 0. The van der Waals surface area contributed by atoms with E-state index in [2.05, 4.69) is 37.2 Å². The average molecular weight is 300 g/mol. The van der Waals surface area contributed by atoms with E-state index in [0.29, 0.717) is 25.7 Å². The van der Waals surface area contributed by atoms with Crippen molar-refractivity contribution in [1.29, 1.82) is 0 Å². The smallest absolute Gasteiger partial charge is 0.0778 e. The summed E-state index contributed by atoms with van der Waals surface area (Å²) < 4.78 is 5.44. The van der Waals surface area contributed by atoms with Crippen molar-refractivity contribution in [2.45, 2.75) is 64.1 Å². The molecular formula is C20H28O2. The Morgan fingerprint density at radius 2 is 1.91 bits per heavy atom. The predicted octanol–water partition coefficient (Wildman–Crippen LogP) is 3.56. The minimum absolute atomic E-state index is 0.0766. The molecule has 22 heavy (non-hydrogen) atoms. The van der Waals surface area contributed by atoms with Crippen LogP contribution in [0.1, 0.15) is 51.9 Å². The van der Waals surface area contributed by atoms with Crippen molar-refractivity contribution in [3.63, 3.8) is 0 Å². The lowest BCUT2D eigenvalue weighted by atomic mass is 9.95. The van der Waals surface area contributed by atoms with Crippen molar-refractivity contribution in [2.24, 2.45) is 5.92 Å². The van der Waals surface area contributed by atoms with E-state index in [1.54, 1.807) is 7.11 Å². The van der Waals surface area contributed by atoms with Crippen molar-refractivity contribution in [3.8, 4) is 36.5 Å². The molecule has 0 radical (unpaired) electrons. The number of hydrogen-bond donors (Lipinski definition) is 1. The predicted molar refractivity (Wildman–Crippen MR) is 92.9 cm³/mol. The standard InChI is InChI=1S/C20H28O2/c1-6-12-19(21)14-11-9-10-13-18(8-3)15-16-20(22-5)17(4)7-2/h1,3,18-21H,4,7,11-16H2,2,5H3. The molecule has 0 aliphatic heterocycles. The molecule has 0 bridgehead atoms. The third kappa shape index (κ3) is 9.31. The molecule has 0 spiro atoms. The van der Waals surface area contributed by atoms with E-state index in [1.165, 1.54) is 0 Å². The second kappa shape index (κ2) is 13.0. The molecule has 0 fully saturated rings. The number of aliphatic hydroxyl groups excluding tert-OH is 1. The molecule has 0 saturated carbocycles. The molecule has 0 aromatic carbocycles. The minimum atomic E-state index is -0.453. The van der Waals surface area contributed by atoms with Gasteiger partial charge >= 0.3 is 0 Å². The highest BCUT2D eigenvalue weighted by Gasteiger charge is 2.13. The molecule has 0 heterocycles. The van der Waals surface area contributed by atoms with Gasteiger partial charge in [0.2, 0.25) is 0 Å². The lowest BCUT2D eigenvalue weighted by Crippen LogP contribution is -2.14. The van der Waals surface area contributed by atoms with Crippen LogP contribution in [0, 0.1) is 42.4 Å². The Kier molecular flexibility index (Phi) is 12.1. The zero-order chi connectivity index (χ0) is 16.8. The molecule has 3 atom stereocenters. The van der Waals surface area contributed by atoms with Crippen molar-refractivity contribution in [3.05, 3.63) is 12.2 Å². The maximum Gasteiger partial charge on any atom is 0.0778 e. The molecule has 2 heteroatoms. The van der Waals surface area contributed by atoms with E-state index >= 15 is 0 Å². The fourth-order valence-electron chi connectivity index (χ4n) is 2.07. The minimum Gasteiger partial charge on any atom is -0.392 e. The maximum absolute atomic E-state index is 9.49. The van der Waals surface area contributed by atoms with Crippen LogP contribution in [-0.2, 0) is 4.74 Å². The van der Waals surface area contributed by atoms with Crippen LogP contribution in [0.3, 0.4) is 0 Å². The van der Waals surface area contributed by atoms with Crippen molar-refractivity contribution in [2.75, 3.05) is 7.11 Å². The molecule has 0 amide bonds. The van der Waals surface area contributed by atoms with Crippen LogP contribution in [0.4, 0.5) is 0 Å². The van der Waals surface area contributed by atoms with Gasteiger partial charge in [-0.3, -0.25) is 0 Å². The van der Waals surface area contributed by atoms with Crippen LogP contribution in [0.25, 0.3) is 0 Å². The Morgan fingerprint density at radius 1 is 1.18 bits per heavy atom. The Morgan fingerprint density at radius 3 is 2.45 bits per heavy atom. The summed E-state index contributed by atoms with van der Waals surface area (Å²) >= 11 is 0. The molecule has 0 aromatic rings. The summed E-state index contributed by atoms with van der Waals surface area (Å²) in [5.74, 6) is 11.5. The van der Waals surface area contributed by atoms with Gasteiger partial charge in [-0.15, -0.1) is 36.5 Å². The number of hydrogen-bond acceptors (Lipinski definition) is 2. The van der Waals surface area contributed by atoms with Crippen LogP contribution in [0.5, 0.6) is 0 Å². The maximum atomic E-state index is 9.49. The Hall–Kier alpha value is -1.66. The van der Waals surface area contributed by atoms with E-state index in [1.807, 2.05) is 0 Å². The van der Waals surface area contributed by atoms with Crippen molar-refractivity contribution in [1.82, 2.24) is 0 Å². The molecule has 0 rings (SSSR count). The van der Waals surface area contributed by atoms with E-state index in [-0.39, 0.29) is 12.0 Å². The SMILES string of the molecule is C#CCC(O)CCC#CCC(C#C)CCC(OC)C(=C)CC. The van der Waals surface area contributed by atoms with Gasteiger partial charge in [0.15, 0.2) is 0 Å². The lowest BCUT2D eigenvalue weighted by molar-refractivity contribution is 0.118. The summed E-state index contributed by atoms with van der Waals surface area (Å²) in [4.78, 5) is 0. The van der Waals surface area contributed by atoms with Crippen molar-refractivity contribution >= 4 is 0 Å². The monoisotopic (exact) mass is 300 g/mol. The second-order valence-electron chi connectivity index (χ2n) is 5.34. The molecule has 3 unspecified atom stereocenters. The molecule has 0 aromatic heterocycles. The van der Waals surface area contributed by atoms with Gasteiger partial charge in [-0.05, 0) is 31.3 Å². The highest BCUT2D eigenvalue weighted by atomic mass is 16.5. The third-order valence-corrected chi connectivity index (χ3v) is 3.64. The first-order chi connectivity index (χ1) is 10.6. The van der Waals surface area contributed by atoms with Gasteiger partial charge in [0.05, 0.1) is 12.2 Å². The van der Waals surface area contributed by atoms with E-state index < -0.39 is 6.10 Å². The van der Waals surface area contributed by atoms with Gasteiger partial charge < -0.3 is 9.84 Å².